The van der Waals surface area contributed by atoms with Crippen LogP contribution in [0.1, 0.15) is 85.5 Å². The molecule has 5 heterocycles. The highest BCUT2D eigenvalue weighted by atomic mass is 32.1. The minimum atomic E-state index is -0.246. The van der Waals surface area contributed by atoms with E-state index < -0.39 is 0 Å². The number of methoxy groups -OCH3 is 2. The van der Waals surface area contributed by atoms with Crippen molar-refractivity contribution in [2.45, 2.75) is 83.4 Å². The van der Waals surface area contributed by atoms with Gasteiger partial charge in [-0.1, -0.05) is 37.1 Å². The molecule has 2 saturated heterocycles. The molecule has 2 atom stereocenters. The Morgan fingerprint density at radius 2 is 1.28 bits per heavy atom. The first kappa shape index (κ1) is 42.3. The van der Waals surface area contributed by atoms with E-state index in [1.807, 2.05) is 49.9 Å². The van der Waals surface area contributed by atoms with Crippen LogP contribution in [0.4, 0.5) is 11.4 Å². The lowest BCUT2D eigenvalue weighted by Gasteiger charge is -2.20. The van der Waals surface area contributed by atoms with Crippen molar-refractivity contribution < 1.29 is 38.1 Å². The Morgan fingerprint density at radius 1 is 0.783 bits per heavy atom. The summed E-state index contributed by atoms with van der Waals surface area (Å²) >= 11 is 4.51. The molecule has 7 rings (SSSR count). The SMILES string of the molecule is C/C=C1/C[C@H]2C=Nc3cc(OCc4cc(OCCNC(=O)CCC(C)(C)S)cc(COc5cc6c(cc5OC)C(=O)N5C/C(=C/C)C[C@H]5C=N6)n4)c(OC)cc3C(=O)N2C1. The number of aliphatic imine (C=N–C) groups is 2. The molecule has 0 aliphatic carbocycles. The second-order valence-electron chi connectivity index (χ2n) is 15.8. The maximum atomic E-state index is 13.6. The van der Waals surface area contributed by atoms with Gasteiger partial charge in [0.25, 0.3) is 11.8 Å². The van der Waals surface area contributed by atoms with E-state index in [-0.39, 0.29) is 54.4 Å². The van der Waals surface area contributed by atoms with Crippen LogP contribution in [0.5, 0.6) is 28.7 Å². The van der Waals surface area contributed by atoms with Gasteiger partial charge in [0.05, 0.1) is 66.7 Å². The zero-order chi connectivity index (χ0) is 42.6. The number of rotatable bonds is 15. The summed E-state index contributed by atoms with van der Waals surface area (Å²) in [5.74, 6) is 1.74. The maximum absolute atomic E-state index is 13.6. The highest BCUT2D eigenvalue weighted by Crippen LogP contribution is 2.41. The first-order chi connectivity index (χ1) is 28.9. The van der Waals surface area contributed by atoms with Gasteiger partial charge in [-0.3, -0.25) is 29.4 Å². The summed E-state index contributed by atoms with van der Waals surface area (Å²) in [5, 5.41) is 2.90. The quantitative estimate of drug-likeness (QED) is 0.0937. The molecule has 3 amide bonds. The molecule has 60 heavy (non-hydrogen) atoms. The fourth-order valence-electron chi connectivity index (χ4n) is 7.55. The summed E-state index contributed by atoms with van der Waals surface area (Å²) in [7, 11) is 3.05. The number of fused-ring (bicyclic) bond motifs is 4. The fourth-order valence-corrected chi connectivity index (χ4v) is 7.66. The summed E-state index contributed by atoms with van der Waals surface area (Å²) in [6.45, 7) is 9.56. The van der Waals surface area contributed by atoms with Gasteiger partial charge in [-0.15, -0.1) is 0 Å². The molecule has 3 aromatic rings. The lowest BCUT2D eigenvalue weighted by molar-refractivity contribution is -0.121. The molecule has 0 radical (unpaired) electrons. The number of allylic oxidation sites excluding steroid dienone is 2. The van der Waals surface area contributed by atoms with E-state index in [4.69, 9.17) is 38.7 Å². The summed E-state index contributed by atoms with van der Waals surface area (Å²) in [6, 6.07) is 10.1. The smallest absolute Gasteiger partial charge is 0.257 e. The zero-order valence-corrected chi connectivity index (χ0v) is 35.8. The van der Waals surface area contributed by atoms with Gasteiger partial charge >= 0.3 is 0 Å². The molecule has 0 bridgehead atoms. The summed E-state index contributed by atoms with van der Waals surface area (Å²) < 4.78 is 29.9. The number of amides is 3. The number of carbonyl (C=O) groups excluding carboxylic acids is 3. The van der Waals surface area contributed by atoms with Crippen LogP contribution in [0.3, 0.4) is 0 Å². The second-order valence-corrected chi connectivity index (χ2v) is 17.0. The van der Waals surface area contributed by atoms with Gasteiger partial charge in [0.15, 0.2) is 23.0 Å². The highest BCUT2D eigenvalue weighted by molar-refractivity contribution is 7.81. The lowest BCUT2D eigenvalue weighted by atomic mass is 10.1. The third kappa shape index (κ3) is 9.62. The van der Waals surface area contributed by atoms with Gasteiger partial charge in [0.1, 0.15) is 25.6 Å². The van der Waals surface area contributed by atoms with Gasteiger partial charge in [-0.2, -0.15) is 12.6 Å². The normalized spacial score (nSPS) is 19.4. The van der Waals surface area contributed by atoms with Gasteiger partial charge in [-0.25, -0.2) is 0 Å². The first-order valence-electron chi connectivity index (χ1n) is 20.2. The average molecular weight is 837 g/mol. The molecule has 0 saturated carbocycles. The summed E-state index contributed by atoms with van der Waals surface area (Å²) in [4.78, 5) is 57.6. The van der Waals surface area contributed by atoms with Crippen molar-refractivity contribution in [1.29, 1.82) is 0 Å². The Kier molecular flexibility index (Phi) is 12.8. The van der Waals surface area contributed by atoms with Crippen molar-refractivity contribution >= 4 is 54.2 Å². The zero-order valence-electron chi connectivity index (χ0n) is 34.9. The van der Waals surface area contributed by atoms with Crippen molar-refractivity contribution in [2.75, 3.05) is 40.5 Å². The van der Waals surface area contributed by atoms with E-state index in [2.05, 4.69) is 30.1 Å². The van der Waals surface area contributed by atoms with Gasteiger partial charge in [0, 0.05) is 61.0 Å². The third-order valence-electron chi connectivity index (χ3n) is 10.9. The molecular formula is C45H52N6O8S. The fraction of sp³-hybridized carbons (Fsp3) is 0.422. The molecule has 2 aromatic carbocycles. The van der Waals surface area contributed by atoms with E-state index in [1.54, 1.807) is 36.4 Å². The van der Waals surface area contributed by atoms with Gasteiger partial charge in [-0.05, 0) is 45.2 Å². The molecule has 1 aromatic heterocycles. The van der Waals surface area contributed by atoms with Crippen LogP contribution in [0.2, 0.25) is 0 Å². The minimum Gasteiger partial charge on any atom is -0.493 e. The van der Waals surface area contributed by atoms with Crippen molar-refractivity contribution in [3.63, 3.8) is 0 Å². The molecule has 2 fully saturated rings. The first-order valence-corrected chi connectivity index (χ1v) is 20.6. The van der Waals surface area contributed by atoms with Crippen LogP contribution < -0.4 is 29.0 Å². The Labute approximate surface area is 356 Å². The molecule has 0 unspecified atom stereocenters. The van der Waals surface area contributed by atoms with Crippen molar-refractivity contribution in [3.05, 3.63) is 82.2 Å². The monoisotopic (exact) mass is 836 g/mol. The predicted molar refractivity (Wildman–Crippen MR) is 232 cm³/mol. The number of carbonyl (C=O) groups is 3. The van der Waals surface area contributed by atoms with E-state index in [9.17, 15) is 14.4 Å². The van der Waals surface area contributed by atoms with E-state index >= 15 is 0 Å². The number of hydrogen-bond acceptors (Lipinski definition) is 12. The average Bonchev–Trinajstić information content (AvgIpc) is 3.81. The lowest BCUT2D eigenvalue weighted by Crippen LogP contribution is -2.35. The molecule has 4 aliphatic rings. The van der Waals surface area contributed by atoms with Crippen molar-refractivity contribution in [1.82, 2.24) is 20.1 Å². The van der Waals surface area contributed by atoms with Gasteiger partial charge < -0.3 is 38.8 Å². The van der Waals surface area contributed by atoms with Crippen molar-refractivity contribution in [3.8, 4) is 28.7 Å². The van der Waals surface area contributed by atoms with E-state index in [0.717, 1.165) is 12.8 Å². The number of thiol groups is 1. The Morgan fingerprint density at radius 3 is 1.73 bits per heavy atom. The Hall–Kier alpha value is -5.83. The molecule has 1 N–H and O–H groups in total. The third-order valence-corrected chi connectivity index (χ3v) is 11.2. The van der Waals surface area contributed by atoms with Gasteiger partial charge in [0.2, 0.25) is 5.91 Å². The number of pyridine rings is 1. The maximum Gasteiger partial charge on any atom is 0.257 e. The summed E-state index contributed by atoms with van der Waals surface area (Å²) in [5.41, 5.74) is 5.31. The van der Waals surface area contributed by atoms with Crippen LogP contribution in [0, 0.1) is 0 Å². The molecular weight excluding hydrogens is 785 g/mol. The molecule has 14 nitrogen and oxygen atoms in total. The number of ether oxygens (including phenoxy) is 5. The Bertz CT molecular complexity index is 2150. The van der Waals surface area contributed by atoms with Crippen molar-refractivity contribution in [2.24, 2.45) is 9.98 Å². The number of hydrogen-bond donors (Lipinski definition) is 2. The van der Waals surface area contributed by atoms with Crippen LogP contribution in [-0.2, 0) is 18.0 Å². The van der Waals surface area contributed by atoms with Crippen LogP contribution in [-0.4, -0.2) is 102 Å². The topological polar surface area (TPSA) is 153 Å². The number of nitrogens with one attached hydrogen (secondary N) is 1. The summed E-state index contributed by atoms with van der Waals surface area (Å²) in [6.07, 6.45) is 10.2. The molecule has 15 heteroatoms. The second kappa shape index (κ2) is 18.2. The predicted octanol–water partition coefficient (Wildman–Crippen LogP) is 6.99. The van der Waals surface area contributed by atoms with Crippen LogP contribution in [0.15, 0.2) is 69.7 Å². The van der Waals surface area contributed by atoms with Crippen LogP contribution >= 0.6 is 12.6 Å². The molecule has 316 valence electrons. The standard InChI is InChI=1S/C45H52N6O8S/c1-7-27-13-31-21-47-36-19-40(38(55-5)17-34(36)43(53)50(31)23-27)58-25-29-15-33(57-12-11-46-42(52)9-10-45(3,4)60)16-30(49-29)26-59-41-20-37-35(18-39(41)56-6)44(54)51-24-28(8-2)14-32(51)22-48-37/h7-8,15-22,31-32,60H,9-14,23-26H2,1-6H3,(H,46,52)/b27-7-,28-8+/t31-,32-/m0/s1. The Balaban J connectivity index is 1.10. The highest BCUT2D eigenvalue weighted by Gasteiger charge is 2.36. The van der Waals surface area contributed by atoms with E-state index in [0.29, 0.717) is 95.1 Å². The number of aromatic nitrogens is 1. The largest absolute Gasteiger partial charge is 0.493 e. The minimum absolute atomic E-state index is 0.0122. The number of benzene rings is 2. The number of nitrogens with zero attached hydrogens (tertiary/aromatic N) is 5. The van der Waals surface area contributed by atoms with E-state index in [1.165, 1.54) is 25.4 Å². The van der Waals surface area contributed by atoms with Crippen LogP contribution in [0.25, 0.3) is 0 Å². The molecule has 4 aliphatic heterocycles. The molecule has 0 spiro atoms.